The second kappa shape index (κ2) is 7.59. The number of aliphatic imine (C=N–C) groups is 1. The van der Waals surface area contributed by atoms with Gasteiger partial charge >= 0.3 is 0 Å². The minimum Gasteiger partial charge on any atom is -0.492 e. The van der Waals surface area contributed by atoms with Crippen LogP contribution in [0.15, 0.2) is 29.3 Å². The van der Waals surface area contributed by atoms with Gasteiger partial charge in [-0.2, -0.15) is 0 Å². The molecule has 20 heavy (non-hydrogen) atoms. The average Bonchev–Trinajstić information content (AvgIpc) is 2.37. The van der Waals surface area contributed by atoms with Crippen molar-refractivity contribution < 1.29 is 13.2 Å². The summed E-state index contributed by atoms with van der Waals surface area (Å²) >= 11 is 0. The van der Waals surface area contributed by atoms with Crippen LogP contribution in [-0.4, -0.2) is 47.9 Å². The van der Waals surface area contributed by atoms with E-state index in [0.717, 1.165) is 6.26 Å². The Morgan fingerprint density at radius 2 is 2.15 bits per heavy atom. The summed E-state index contributed by atoms with van der Waals surface area (Å²) in [4.78, 5) is 3.97. The number of nitrogens with one attached hydrogen (secondary N) is 3. The monoisotopic (exact) mass is 300 g/mol. The number of rotatable bonds is 6. The molecule has 0 radical (unpaired) electrons. The SMILES string of the molecule is CN=C(NC)NCCOc1cccc(NS(C)(=O)=O)c1. The van der Waals surface area contributed by atoms with Gasteiger partial charge in [-0.15, -0.1) is 0 Å². The number of nitrogens with zero attached hydrogens (tertiary/aromatic N) is 1. The number of hydrogen-bond donors (Lipinski definition) is 3. The van der Waals surface area contributed by atoms with Crippen LogP contribution < -0.4 is 20.1 Å². The van der Waals surface area contributed by atoms with E-state index in [9.17, 15) is 8.42 Å². The van der Waals surface area contributed by atoms with E-state index >= 15 is 0 Å². The fraction of sp³-hybridized carbons (Fsp3) is 0.417. The van der Waals surface area contributed by atoms with Crippen LogP contribution in [0.1, 0.15) is 0 Å². The molecule has 0 heterocycles. The first-order valence-electron chi connectivity index (χ1n) is 6.03. The standard InChI is InChI=1S/C12H20N4O3S/c1-13-12(14-2)15-7-8-19-11-6-4-5-10(9-11)16-20(3,17)18/h4-6,9,16H,7-8H2,1-3H3,(H2,13,14,15). The van der Waals surface area contributed by atoms with Crippen molar-refractivity contribution >= 4 is 21.7 Å². The lowest BCUT2D eigenvalue weighted by atomic mass is 10.3. The molecule has 0 unspecified atom stereocenters. The van der Waals surface area contributed by atoms with Gasteiger partial charge in [-0.05, 0) is 12.1 Å². The Bertz CT molecular complexity index is 558. The first-order chi connectivity index (χ1) is 9.44. The van der Waals surface area contributed by atoms with E-state index < -0.39 is 10.0 Å². The second-order valence-electron chi connectivity index (χ2n) is 4.00. The summed E-state index contributed by atoms with van der Waals surface area (Å²) in [5, 5.41) is 5.94. The van der Waals surface area contributed by atoms with Crippen molar-refractivity contribution in [1.29, 1.82) is 0 Å². The molecule has 112 valence electrons. The van der Waals surface area contributed by atoms with E-state index in [1.54, 1.807) is 38.4 Å². The Labute approximate surface area is 119 Å². The molecule has 0 saturated heterocycles. The van der Waals surface area contributed by atoms with E-state index in [4.69, 9.17) is 4.74 Å². The highest BCUT2D eigenvalue weighted by molar-refractivity contribution is 7.92. The fourth-order valence-electron chi connectivity index (χ4n) is 1.48. The van der Waals surface area contributed by atoms with Crippen LogP contribution in [0.3, 0.4) is 0 Å². The molecule has 0 bridgehead atoms. The zero-order valence-electron chi connectivity index (χ0n) is 11.8. The zero-order valence-corrected chi connectivity index (χ0v) is 12.6. The van der Waals surface area contributed by atoms with Crippen molar-refractivity contribution in [3.05, 3.63) is 24.3 Å². The molecule has 3 N–H and O–H groups in total. The van der Waals surface area contributed by atoms with E-state index in [2.05, 4.69) is 20.3 Å². The minimum atomic E-state index is -3.28. The minimum absolute atomic E-state index is 0.434. The third-order valence-corrected chi connectivity index (χ3v) is 2.87. The molecule has 0 fully saturated rings. The Kier molecular flexibility index (Phi) is 6.10. The van der Waals surface area contributed by atoms with Crippen LogP contribution in [0, 0.1) is 0 Å². The zero-order chi connectivity index (χ0) is 15.0. The first-order valence-corrected chi connectivity index (χ1v) is 7.93. The topological polar surface area (TPSA) is 91.8 Å². The van der Waals surface area contributed by atoms with E-state index in [-0.39, 0.29) is 0 Å². The van der Waals surface area contributed by atoms with Crippen LogP contribution in [0.5, 0.6) is 5.75 Å². The van der Waals surface area contributed by atoms with Gasteiger partial charge < -0.3 is 15.4 Å². The lowest BCUT2D eigenvalue weighted by molar-refractivity contribution is 0.322. The summed E-state index contributed by atoms with van der Waals surface area (Å²) < 4.78 is 30.2. The summed E-state index contributed by atoms with van der Waals surface area (Å²) in [6.07, 6.45) is 1.10. The number of anilines is 1. The van der Waals surface area contributed by atoms with Crippen molar-refractivity contribution in [2.75, 3.05) is 38.2 Å². The van der Waals surface area contributed by atoms with Crippen LogP contribution in [0.4, 0.5) is 5.69 Å². The largest absolute Gasteiger partial charge is 0.492 e. The van der Waals surface area contributed by atoms with Crippen LogP contribution in [0.2, 0.25) is 0 Å². The van der Waals surface area contributed by atoms with Crippen molar-refractivity contribution in [3.8, 4) is 5.75 Å². The van der Waals surface area contributed by atoms with Crippen LogP contribution in [0.25, 0.3) is 0 Å². The molecule has 0 aliphatic heterocycles. The van der Waals surface area contributed by atoms with Gasteiger partial charge in [-0.25, -0.2) is 8.42 Å². The molecule has 1 aromatic rings. The Morgan fingerprint density at radius 1 is 1.40 bits per heavy atom. The van der Waals surface area contributed by atoms with Gasteiger partial charge in [0.25, 0.3) is 0 Å². The molecule has 0 aromatic heterocycles. The maximum Gasteiger partial charge on any atom is 0.229 e. The fourth-order valence-corrected chi connectivity index (χ4v) is 2.04. The molecule has 0 amide bonds. The molecule has 7 nitrogen and oxygen atoms in total. The number of hydrogen-bond acceptors (Lipinski definition) is 4. The third-order valence-electron chi connectivity index (χ3n) is 2.26. The smallest absolute Gasteiger partial charge is 0.229 e. The number of sulfonamides is 1. The van der Waals surface area contributed by atoms with E-state index in [1.165, 1.54) is 0 Å². The van der Waals surface area contributed by atoms with Crippen molar-refractivity contribution in [2.24, 2.45) is 4.99 Å². The van der Waals surface area contributed by atoms with Crippen molar-refractivity contribution in [2.45, 2.75) is 0 Å². The predicted molar refractivity (Wildman–Crippen MR) is 80.8 cm³/mol. The van der Waals surface area contributed by atoms with Crippen molar-refractivity contribution in [1.82, 2.24) is 10.6 Å². The normalized spacial score (nSPS) is 11.8. The van der Waals surface area contributed by atoms with Gasteiger partial charge in [0.1, 0.15) is 12.4 Å². The molecule has 1 aromatic carbocycles. The maximum atomic E-state index is 11.1. The average molecular weight is 300 g/mol. The third kappa shape index (κ3) is 6.28. The molecule has 0 spiro atoms. The van der Waals surface area contributed by atoms with Crippen molar-refractivity contribution in [3.63, 3.8) is 0 Å². The first kappa shape index (κ1) is 16.1. The molecule has 0 aliphatic carbocycles. The second-order valence-corrected chi connectivity index (χ2v) is 5.75. The van der Waals surface area contributed by atoms with Gasteiger partial charge in [-0.1, -0.05) is 6.07 Å². The number of benzene rings is 1. The van der Waals surface area contributed by atoms with Gasteiger partial charge in [-0.3, -0.25) is 9.71 Å². The Hall–Kier alpha value is -1.96. The van der Waals surface area contributed by atoms with Crippen LogP contribution in [-0.2, 0) is 10.0 Å². The molecule has 1 rings (SSSR count). The highest BCUT2D eigenvalue weighted by Crippen LogP contribution is 2.17. The Morgan fingerprint density at radius 3 is 2.75 bits per heavy atom. The van der Waals surface area contributed by atoms with Gasteiger partial charge in [0.2, 0.25) is 10.0 Å². The molecule has 0 aliphatic rings. The number of guanidine groups is 1. The Balaban J connectivity index is 2.47. The van der Waals surface area contributed by atoms with E-state index in [0.29, 0.717) is 30.5 Å². The lowest BCUT2D eigenvalue weighted by Crippen LogP contribution is -2.37. The number of ether oxygens (including phenoxy) is 1. The van der Waals surface area contributed by atoms with Gasteiger partial charge in [0, 0.05) is 20.2 Å². The summed E-state index contributed by atoms with van der Waals surface area (Å²) in [7, 11) is 0.176. The summed E-state index contributed by atoms with van der Waals surface area (Å²) in [6.45, 7) is 1.01. The summed E-state index contributed by atoms with van der Waals surface area (Å²) in [5.41, 5.74) is 0.476. The van der Waals surface area contributed by atoms with Gasteiger partial charge in [0.15, 0.2) is 5.96 Å². The highest BCUT2D eigenvalue weighted by Gasteiger charge is 2.03. The molecular formula is C12H20N4O3S. The molecule has 0 atom stereocenters. The lowest BCUT2D eigenvalue weighted by Gasteiger charge is -2.11. The maximum absolute atomic E-state index is 11.1. The summed E-state index contributed by atoms with van der Waals surface area (Å²) in [6, 6.07) is 6.78. The molecule has 0 saturated carbocycles. The van der Waals surface area contributed by atoms with Gasteiger partial charge in [0.05, 0.1) is 18.5 Å². The molecule has 8 heteroatoms. The quantitative estimate of drug-likeness (QED) is 0.397. The predicted octanol–water partition coefficient (Wildman–Crippen LogP) is 0.232. The molecular weight excluding hydrogens is 280 g/mol. The summed E-state index contributed by atoms with van der Waals surface area (Å²) in [5.74, 6) is 1.28. The van der Waals surface area contributed by atoms with Crippen LogP contribution >= 0.6 is 0 Å². The highest BCUT2D eigenvalue weighted by atomic mass is 32.2. The van der Waals surface area contributed by atoms with E-state index in [1.807, 2.05) is 0 Å².